The van der Waals surface area contributed by atoms with E-state index in [9.17, 15) is 0 Å². The third-order valence-corrected chi connectivity index (χ3v) is 13.8. The molecule has 14 rings (SSSR count). The Balaban J connectivity index is 1.02. The molecular formula is C66H40N6. The van der Waals surface area contributed by atoms with E-state index in [-0.39, 0.29) is 0 Å². The van der Waals surface area contributed by atoms with Crippen molar-refractivity contribution in [2.24, 2.45) is 0 Å². The van der Waals surface area contributed by atoms with Crippen LogP contribution in [0.3, 0.4) is 0 Å². The number of nitrogens with zero attached hydrogens (tertiary/aromatic N) is 6. The van der Waals surface area contributed by atoms with Gasteiger partial charge in [0, 0.05) is 22.3 Å². The van der Waals surface area contributed by atoms with Gasteiger partial charge in [0.25, 0.3) is 0 Å². The van der Waals surface area contributed by atoms with Crippen molar-refractivity contribution in [3.8, 4) is 79.5 Å². The van der Waals surface area contributed by atoms with E-state index >= 15 is 0 Å². The molecule has 0 atom stereocenters. The molecule has 0 fully saturated rings. The van der Waals surface area contributed by atoms with Gasteiger partial charge in [-0.25, -0.2) is 29.9 Å². The minimum Gasteiger partial charge on any atom is -0.208 e. The molecule has 0 saturated heterocycles. The van der Waals surface area contributed by atoms with Gasteiger partial charge < -0.3 is 0 Å². The highest BCUT2D eigenvalue weighted by Gasteiger charge is 2.21. The van der Waals surface area contributed by atoms with Crippen LogP contribution >= 0.6 is 0 Å². The number of rotatable bonds is 7. The molecule has 0 bridgehead atoms. The van der Waals surface area contributed by atoms with E-state index in [0.717, 1.165) is 76.8 Å². The monoisotopic (exact) mass is 916 g/mol. The highest BCUT2D eigenvalue weighted by atomic mass is 15.1. The maximum Gasteiger partial charge on any atom is 0.202 e. The van der Waals surface area contributed by atoms with Crippen molar-refractivity contribution in [3.63, 3.8) is 0 Å². The van der Waals surface area contributed by atoms with Crippen LogP contribution in [0, 0.1) is 0 Å². The summed E-state index contributed by atoms with van der Waals surface area (Å²) in [4.78, 5) is 31.5. The SMILES string of the molecule is c1ccc(-c2nc(-c3cc(-c4cccc5cc6ccccc6cc45)cc(-c4cccc5cc6ccccc6cc45)c3)nc(-c3nc(-c4ccc5ccccc5c4)nc(-c4ccc5ccccc5c4)n3)n2)cc1. The third-order valence-electron chi connectivity index (χ3n) is 13.8. The standard InChI is InChI=1S/C66H40N6/c1-2-16-43(17-3-1)61-67-64(72-65(69-61)66-70-62(52-30-28-41-14-4-6-18-44(41)34-52)68-63(71-66)53-31-29-42-15-5-7-19-45(42)35-53)56-37-54(57-26-12-24-50-32-46-20-8-10-22-48(46)39-59(50)57)36-55(38-56)58-27-13-25-51-33-47-21-9-11-23-49(47)40-60(51)58/h1-40H. The number of hydrogen-bond acceptors (Lipinski definition) is 6. The highest BCUT2D eigenvalue weighted by Crippen LogP contribution is 2.40. The molecule has 0 radical (unpaired) electrons. The zero-order valence-electron chi connectivity index (χ0n) is 38.8. The van der Waals surface area contributed by atoms with Gasteiger partial charge in [0.05, 0.1) is 0 Å². The Morgan fingerprint density at radius 3 is 0.958 bits per heavy atom. The van der Waals surface area contributed by atoms with Crippen molar-refractivity contribution in [2.45, 2.75) is 0 Å². The molecule has 6 heteroatoms. The summed E-state index contributed by atoms with van der Waals surface area (Å²) in [5, 5.41) is 13.9. The fraction of sp³-hybridized carbons (Fsp3) is 0. The van der Waals surface area contributed by atoms with E-state index in [2.05, 4.69) is 200 Å². The molecule has 6 nitrogen and oxygen atoms in total. The quantitative estimate of drug-likeness (QED) is 0.148. The Morgan fingerprint density at radius 1 is 0.167 bits per heavy atom. The average Bonchev–Trinajstić information content (AvgIpc) is 3.45. The van der Waals surface area contributed by atoms with Crippen LogP contribution in [-0.2, 0) is 0 Å². The van der Waals surface area contributed by atoms with Gasteiger partial charge in [-0.15, -0.1) is 0 Å². The fourth-order valence-electron chi connectivity index (χ4n) is 10.2. The lowest BCUT2D eigenvalue weighted by molar-refractivity contribution is 1.00. The van der Waals surface area contributed by atoms with E-state index in [1.54, 1.807) is 0 Å². The molecular weight excluding hydrogens is 877 g/mol. The van der Waals surface area contributed by atoms with Crippen molar-refractivity contribution in [1.29, 1.82) is 0 Å². The second-order valence-corrected chi connectivity index (χ2v) is 18.4. The fourth-order valence-corrected chi connectivity index (χ4v) is 10.2. The van der Waals surface area contributed by atoms with Crippen LogP contribution in [0.25, 0.3) is 144 Å². The molecule has 0 spiro atoms. The van der Waals surface area contributed by atoms with Crippen molar-refractivity contribution in [2.75, 3.05) is 0 Å². The third kappa shape index (κ3) is 7.46. The zero-order chi connectivity index (χ0) is 47.5. The van der Waals surface area contributed by atoms with Gasteiger partial charge in [0.2, 0.25) is 11.6 Å². The average molecular weight is 917 g/mol. The van der Waals surface area contributed by atoms with E-state index in [1.165, 1.54) is 32.3 Å². The second-order valence-electron chi connectivity index (χ2n) is 18.4. The summed E-state index contributed by atoms with van der Waals surface area (Å²) < 4.78 is 0. The number of fused-ring (bicyclic) bond motifs is 6. The molecule has 0 aliphatic carbocycles. The number of benzene rings is 12. The van der Waals surface area contributed by atoms with Gasteiger partial charge in [-0.3, -0.25) is 0 Å². The molecule has 0 aliphatic heterocycles. The molecule has 334 valence electrons. The summed E-state index contributed by atoms with van der Waals surface area (Å²) in [7, 11) is 0. The first-order chi connectivity index (χ1) is 35.6. The minimum absolute atomic E-state index is 0.338. The van der Waals surface area contributed by atoms with Crippen LogP contribution in [0.4, 0.5) is 0 Å². The molecule has 0 aliphatic rings. The van der Waals surface area contributed by atoms with Crippen LogP contribution in [0.2, 0.25) is 0 Å². The molecule has 2 heterocycles. The molecule has 0 N–H and O–H groups in total. The Bertz CT molecular complexity index is 4240. The van der Waals surface area contributed by atoms with Crippen LogP contribution in [0.5, 0.6) is 0 Å². The normalized spacial score (nSPS) is 11.6. The van der Waals surface area contributed by atoms with Gasteiger partial charge in [-0.05, 0) is 141 Å². The Morgan fingerprint density at radius 2 is 0.500 bits per heavy atom. The molecule has 0 saturated carbocycles. The summed E-state index contributed by atoms with van der Waals surface area (Å²) in [6, 6.07) is 85.5. The molecule has 2 aromatic heterocycles. The van der Waals surface area contributed by atoms with Gasteiger partial charge in [0.15, 0.2) is 23.3 Å². The lowest BCUT2D eigenvalue weighted by Crippen LogP contribution is -2.06. The maximum atomic E-state index is 5.37. The van der Waals surface area contributed by atoms with Gasteiger partial charge in [0.1, 0.15) is 0 Å². The Labute approximate surface area is 414 Å². The topological polar surface area (TPSA) is 77.3 Å². The van der Waals surface area contributed by atoms with E-state index in [4.69, 9.17) is 29.9 Å². The zero-order valence-corrected chi connectivity index (χ0v) is 38.8. The summed E-state index contributed by atoms with van der Waals surface area (Å²) in [5.41, 5.74) is 7.71. The predicted molar refractivity (Wildman–Crippen MR) is 296 cm³/mol. The Kier molecular flexibility index (Phi) is 9.74. The number of hydrogen-bond donors (Lipinski definition) is 0. The maximum absolute atomic E-state index is 5.37. The first-order valence-electron chi connectivity index (χ1n) is 24.2. The first-order valence-corrected chi connectivity index (χ1v) is 24.2. The van der Waals surface area contributed by atoms with Crippen LogP contribution in [0.15, 0.2) is 243 Å². The van der Waals surface area contributed by atoms with E-state index in [1.807, 2.05) is 42.5 Å². The summed E-state index contributed by atoms with van der Waals surface area (Å²) in [6.45, 7) is 0. The smallest absolute Gasteiger partial charge is 0.202 e. The van der Waals surface area contributed by atoms with Crippen molar-refractivity contribution >= 4 is 64.6 Å². The molecule has 72 heavy (non-hydrogen) atoms. The molecule has 0 amide bonds. The summed E-state index contributed by atoms with van der Waals surface area (Å²) in [5.74, 6) is 2.73. The number of aromatic nitrogens is 6. The van der Waals surface area contributed by atoms with Crippen molar-refractivity contribution < 1.29 is 0 Å². The lowest BCUT2D eigenvalue weighted by Gasteiger charge is -2.15. The first kappa shape index (κ1) is 41.2. The van der Waals surface area contributed by atoms with E-state index < -0.39 is 0 Å². The highest BCUT2D eigenvalue weighted by molar-refractivity contribution is 6.08. The van der Waals surface area contributed by atoms with Crippen molar-refractivity contribution in [3.05, 3.63) is 243 Å². The Hall–Kier alpha value is -9.78. The summed E-state index contributed by atoms with van der Waals surface area (Å²) in [6.07, 6.45) is 0. The summed E-state index contributed by atoms with van der Waals surface area (Å²) >= 11 is 0. The largest absolute Gasteiger partial charge is 0.208 e. The second kappa shape index (κ2) is 17.0. The van der Waals surface area contributed by atoms with Crippen LogP contribution < -0.4 is 0 Å². The molecule has 12 aromatic carbocycles. The molecule has 0 unspecified atom stereocenters. The lowest BCUT2D eigenvalue weighted by atomic mass is 9.90. The minimum atomic E-state index is 0.338. The van der Waals surface area contributed by atoms with Crippen LogP contribution in [0.1, 0.15) is 0 Å². The predicted octanol–water partition coefficient (Wildman–Crippen LogP) is 16.6. The van der Waals surface area contributed by atoms with Crippen molar-refractivity contribution in [1.82, 2.24) is 29.9 Å². The van der Waals surface area contributed by atoms with Gasteiger partial charge in [-0.2, -0.15) is 0 Å². The van der Waals surface area contributed by atoms with Gasteiger partial charge in [-0.1, -0.05) is 188 Å². The van der Waals surface area contributed by atoms with Crippen LogP contribution in [-0.4, -0.2) is 29.9 Å². The van der Waals surface area contributed by atoms with E-state index in [0.29, 0.717) is 34.9 Å². The van der Waals surface area contributed by atoms with Gasteiger partial charge >= 0.3 is 0 Å². The molecule has 14 aromatic rings.